The molecule has 96 valence electrons. The fourth-order valence-electron chi connectivity index (χ4n) is 2.18. The van der Waals surface area contributed by atoms with Gasteiger partial charge in [0.1, 0.15) is 0 Å². The van der Waals surface area contributed by atoms with E-state index in [4.69, 9.17) is 8.83 Å². The van der Waals surface area contributed by atoms with E-state index in [0.29, 0.717) is 30.6 Å². The van der Waals surface area contributed by atoms with Crippen molar-refractivity contribution in [2.45, 2.75) is 25.5 Å². The van der Waals surface area contributed by atoms with Crippen molar-refractivity contribution in [3.8, 4) is 11.7 Å². The number of furan rings is 1. The van der Waals surface area contributed by atoms with Gasteiger partial charge >= 0.3 is 0 Å². The molecule has 6 nitrogen and oxygen atoms in total. The van der Waals surface area contributed by atoms with Crippen LogP contribution in [-0.4, -0.2) is 39.4 Å². The molecule has 6 heteroatoms. The van der Waals surface area contributed by atoms with E-state index in [1.165, 1.54) is 0 Å². The molecule has 1 aliphatic heterocycles. The summed E-state index contributed by atoms with van der Waals surface area (Å²) in [7, 11) is 0. The first-order valence-corrected chi connectivity index (χ1v) is 6.08. The largest absolute Gasteiger partial charge is 0.459 e. The fourth-order valence-corrected chi connectivity index (χ4v) is 2.18. The summed E-state index contributed by atoms with van der Waals surface area (Å²) < 4.78 is 10.7. The van der Waals surface area contributed by atoms with Crippen LogP contribution in [0.3, 0.4) is 0 Å². The van der Waals surface area contributed by atoms with Crippen LogP contribution in [-0.2, 0) is 6.54 Å². The lowest BCUT2D eigenvalue weighted by Gasteiger charge is -2.28. The second-order valence-electron chi connectivity index (χ2n) is 4.51. The third-order valence-corrected chi connectivity index (χ3v) is 3.04. The molecule has 1 saturated heterocycles. The maximum absolute atomic E-state index is 9.59. The number of hydrogen-bond donors (Lipinski definition) is 1. The third-order valence-electron chi connectivity index (χ3n) is 3.04. The van der Waals surface area contributed by atoms with Crippen LogP contribution in [0.5, 0.6) is 0 Å². The molecule has 0 spiro atoms. The lowest BCUT2D eigenvalue weighted by Crippen LogP contribution is -2.37. The van der Waals surface area contributed by atoms with E-state index in [1.807, 2.05) is 0 Å². The topological polar surface area (TPSA) is 75.5 Å². The van der Waals surface area contributed by atoms with Crippen LogP contribution < -0.4 is 0 Å². The zero-order chi connectivity index (χ0) is 12.4. The monoisotopic (exact) mass is 249 g/mol. The van der Waals surface area contributed by atoms with Gasteiger partial charge in [0.05, 0.1) is 18.9 Å². The molecule has 0 amide bonds. The van der Waals surface area contributed by atoms with Gasteiger partial charge in [-0.2, -0.15) is 0 Å². The minimum atomic E-state index is -0.244. The van der Waals surface area contributed by atoms with E-state index in [0.717, 1.165) is 19.4 Å². The van der Waals surface area contributed by atoms with Crippen molar-refractivity contribution in [2.24, 2.45) is 0 Å². The minimum Gasteiger partial charge on any atom is -0.459 e. The van der Waals surface area contributed by atoms with Crippen molar-refractivity contribution in [2.75, 3.05) is 13.1 Å². The van der Waals surface area contributed by atoms with Gasteiger partial charge in [0.15, 0.2) is 5.76 Å². The molecule has 2 aromatic heterocycles. The molecule has 3 rings (SSSR count). The van der Waals surface area contributed by atoms with Crippen molar-refractivity contribution in [1.82, 2.24) is 15.1 Å². The molecule has 1 aliphatic rings. The Morgan fingerprint density at radius 3 is 3.17 bits per heavy atom. The summed E-state index contributed by atoms with van der Waals surface area (Å²) in [6, 6.07) is 3.56. The van der Waals surface area contributed by atoms with Crippen molar-refractivity contribution in [3.05, 3.63) is 24.3 Å². The van der Waals surface area contributed by atoms with Crippen LogP contribution in [0.15, 0.2) is 27.2 Å². The Morgan fingerprint density at radius 1 is 1.44 bits per heavy atom. The molecule has 0 bridgehead atoms. The SMILES string of the molecule is O[C@H]1CCCN(Cc2nnc(-c3ccco3)o2)C1. The first-order valence-electron chi connectivity index (χ1n) is 6.08. The zero-order valence-electron chi connectivity index (χ0n) is 9.95. The molecule has 0 aliphatic carbocycles. The van der Waals surface area contributed by atoms with Crippen LogP contribution >= 0.6 is 0 Å². The number of rotatable bonds is 3. The van der Waals surface area contributed by atoms with Gasteiger partial charge in [0, 0.05) is 6.54 Å². The summed E-state index contributed by atoms with van der Waals surface area (Å²) in [5.41, 5.74) is 0. The number of piperidine rings is 1. The van der Waals surface area contributed by atoms with E-state index < -0.39 is 0 Å². The first-order chi connectivity index (χ1) is 8.81. The summed E-state index contributed by atoms with van der Waals surface area (Å²) in [6.45, 7) is 2.19. The van der Waals surface area contributed by atoms with Crippen LogP contribution in [0, 0.1) is 0 Å². The molecule has 1 N–H and O–H groups in total. The molecule has 3 heterocycles. The van der Waals surface area contributed by atoms with E-state index in [1.54, 1.807) is 18.4 Å². The quantitative estimate of drug-likeness (QED) is 0.883. The Bertz CT molecular complexity index is 494. The lowest BCUT2D eigenvalue weighted by molar-refractivity contribution is 0.0625. The number of aliphatic hydroxyl groups excluding tert-OH is 1. The number of aromatic nitrogens is 2. The second kappa shape index (κ2) is 4.91. The fraction of sp³-hybridized carbons (Fsp3) is 0.500. The van der Waals surface area contributed by atoms with Crippen molar-refractivity contribution in [3.63, 3.8) is 0 Å². The Balaban J connectivity index is 1.66. The zero-order valence-corrected chi connectivity index (χ0v) is 9.95. The van der Waals surface area contributed by atoms with Gasteiger partial charge in [-0.25, -0.2) is 0 Å². The molecule has 1 fully saturated rings. The summed E-state index contributed by atoms with van der Waals surface area (Å²) in [6.07, 6.45) is 3.20. The molecular formula is C12H15N3O3. The Morgan fingerprint density at radius 2 is 2.39 bits per heavy atom. The van der Waals surface area contributed by atoms with Gasteiger partial charge in [-0.1, -0.05) is 0 Å². The van der Waals surface area contributed by atoms with Crippen LogP contribution in [0.25, 0.3) is 11.7 Å². The van der Waals surface area contributed by atoms with Crippen LogP contribution in [0.1, 0.15) is 18.7 Å². The average Bonchev–Trinajstić information content (AvgIpc) is 2.98. The Hall–Kier alpha value is -1.66. The van der Waals surface area contributed by atoms with Gasteiger partial charge in [-0.15, -0.1) is 10.2 Å². The molecular weight excluding hydrogens is 234 g/mol. The molecule has 2 aromatic rings. The van der Waals surface area contributed by atoms with Crippen molar-refractivity contribution < 1.29 is 13.9 Å². The number of hydrogen-bond acceptors (Lipinski definition) is 6. The van der Waals surface area contributed by atoms with Crippen LogP contribution in [0.4, 0.5) is 0 Å². The van der Waals surface area contributed by atoms with E-state index >= 15 is 0 Å². The summed E-state index contributed by atoms with van der Waals surface area (Å²) in [5, 5.41) is 17.5. The maximum atomic E-state index is 9.59. The molecule has 0 radical (unpaired) electrons. The summed E-state index contributed by atoms with van der Waals surface area (Å²) >= 11 is 0. The van der Waals surface area contributed by atoms with E-state index in [-0.39, 0.29) is 6.10 Å². The minimum absolute atomic E-state index is 0.244. The molecule has 18 heavy (non-hydrogen) atoms. The summed E-state index contributed by atoms with van der Waals surface area (Å²) in [4.78, 5) is 2.12. The van der Waals surface area contributed by atoms with Crippen molar-refractivity contribution >= 4 is 0 Å². The summed E-state index contributed by atoms with van der Waals surface area (Å²) in [5.74, 6) is 1.52. The highest BCUT2D eigenvalue weighted by atomic mass is 16.4. The highest BCUT2D eigenvalue weighted by Crippen LogP contribution is 2.19. The first kappa shape index (κ1) is 11.4. The van der Waals surface area contributed by atoms with E-state index in [2.05, 4.69) is 15.1 Å². The van der Waals surface area contributed by atoms with E-state index in [9.17, 15) is 5.11 Å². The number of likely N-dealkylation sites (tertiary alicyclic amines) is 1. The Labute approximate surface area is 104 Å². The smallest absolute Gasteiger partial charge is 0.283 e. The number of nitrogens with zero attached hydrogens (tertiary/aromatic N) is 3. The molecule has 1 atom stereocenters. The van der Waals surface area contributed by atoms with Gasteiger partial charge < -0.3 is 13.9 Å². The number of aliphatic hydroxyl groups is 1. The molecule has 0 saturated carbocycles. The highest BCUT2D eigenvalue weighted by Gasteiger charge is 2.20. The predicted octanol–water partition coefficient (Wildman–Crippen LogP) is 1.29. The standard InChI is InChI=1S/C12H15N3O3/c16-9-3-1-5-15(7-9)8-11-13-14-12(18-11)10-4-2-6-17-10/h2,4,6,9,16H,1,3,5,7-8H2/t9-/m0/s1. The Kier molecular flexibility index (Phi) is 3.12. The maximum Gasteiger partial charge on any atom is 0.283 e. The van der Waals surface area contributed by atoms with Gasteiger partial charge in [-0.3, -0.25) is 4.90 Å². The van der Waals surface area contributed by atoms with Gasteiger partial charge in [0.25, 0.3) is 5.89 Å². The van der Waals surface area contributed by atoms with Crippen LogP contribution in [0.2, 0.25) is 0 Å². The lowest BCUT2D eigenvalue weighted by atomic mass is 10.1. The average molecular weight is 249 g/mol. The molecule has 0 unspecified atom stereocenters. The van der Waals surface area contributed by atoms with Gasteiger partial charge in [0.2, 0.25) is 5.89 Å². The third kappa shape index (κ3) is 2.44. The van der Waals surface area contributed by atoms with Crippen molar-refractivity contribution in [1.29, 1.82) is 0 Å². The predicted molar refractivity (Wildman–Crippen MR) is 62.5 cm³/mol. The van der Waals surface area contributed by atoms with Gasteiger partial charge in [-0.05, 0) is 31.5 Å². The highest BCUT2D eigenvalue weighted by molar-refractivity contribution is 5.42. The normalized spacial score (nSPS) is 21.3. The second-order valence-corrected chi connectivity index (χ2v) is 4.51. The number of β-amino-alcohol motifs (C(OH)–C–C–N with tert-alkyl or cyclic N) is 1. The molecule has 0 aromatic carbocycles.